The average Bonchev–Trinajstić information content (AvgIpc) is 2.97. The van der Waals surface area contributed by atoms with Gasteiger partial charge in [0.1, 0.15) is 11.4 Å². The van der Waals surface area contributed by atoms with Crippen molar-refractivity contribution in [2.75, 3.05) is 0 Å². The molecule has 110 valence electrons. The van der Waals surface area contributed by atoms with Crippen molar-refractivity contribution in [2.45, 2.75) is 6.92 Å². The van der Waals surface area contributed by atoms with Crippen molar-refractivity contribution in [3.8, 4) is 28.7 Å². The molecule has 1 aromatic carbocycles. The second-order valence-electron chi connectivity index (χ2n) is 4.64. The van der Waals surface area contributed by atoms with Gasteiger partial charge in [0, 0.05) is 18.3 Å². The molecule has 0 unspecified atom stereocenters. The van der Waals surface area contributed by atoms with Crippen molar-refractivity contribution in [3.05, 3.63) is 52.2 Å². The van der Waals surface area contributed by atoms with E-state index in [0.717, 1.165) is 5.56 Å². The SMILES string of the molecule is Cc1cccnc1-c1nc(-c2cc([N+](=O)[O-])ccc2O)n[nH]1. The molecule has 0 bridgehead atoms. The highest BCUT2D eigenvalue weighted by atomic mass is 16.6. The Morgan fingerprint density at radius 2 is 2.14 bits per heavy atom. The summed E-state index contributed by atoms with van der Waals surface area (Å²) in [7, 11) is 0. The number of hydrogen-bond acceptors (Lipinski definition) is 6. The third-order valence-corrected chi connectivity index (χ3v) is 3.15. The number of nitro groups is 1. The number of aromatic nitrogens is 4. The molecular formula is C14H11N5O3. The molecule has 0 spiro atoms. The van der Waals surface area contributed by atoms with Crippen molar-refractivity contribution in [2.24, 2.45) is 0 Å². The molecule has 0 aliphatic carbocycles. The number of hydrogen-bond donors (Lipinski definition) is 2. The molecule has 2 N–H and O–H groups in total. The molecule has 0 fully saturated rings. The van der Waals surface area contributed by atoms with Gasteiger partial charge in [-0.3, -0.25) is 20.2 Å². The second kappa shape index (κ2) is 5.24. The molecule has 0 aliphatic heterocycles. The summed E-state index contributed by atoms with van der Waals surface area (Å²) in [4.78, 5) is 18.8. The normalized spacial score (nSPS) is 10.6. The Kier molecular flexibility index (Phi) is 3.26. The summed E-state index contributed by atoms with van der Waals surface area (Å²) in [6.07, 6.45) is 1.63. The molecule has 3 aromatic rings. The molecule has 0 atom stereocenters. The molecule has 3 rings (SSSR count). The van der Waals surface area contributed by atoms with E-state index in [9.17, 15) is 15.2 Å². The number of phenols is 1. The van der Waals surface area contributed by atoms with Crippen molar-refractivity contribution in [1.82, 2.24) is 20.2 Å². The molecule has 8 heteroatoms. The number of H-pyrrole nitrogens is 1. The molecule has 22 heavy (non-hydrogen) atoms. The largest absolute Gasteiger partial charge is 0.507 e. The van der Waals surface area contributed by atoms with Gasteiger partial charge < -0.3 is 5.11 Å². The molecular weight excluding hydrogens is 286 g/mol. The Labute approximate surface area is 124 Å². The van der Waals surface area contributed by atoms with Crippen LogP contribution in [0.5, 0.6) is 5.75 Å². The van der Waals surface area contributed by atoms with E-state index in [1.54, 1.807) is 6.20 Å². The van der Waals surface area contributed by atoms with Gasteiger partial charge >= 0.3 is 0 Å². The summed E-state index contributed by atoms with van der Waals surface area (Å²) >= 11 is 0. The zero-order valence-corrected chi connectivity index (χ0v) is 11.5. The first kappa shape index (κ1) is 13.7. The Bertz CT molecular complexity index is 859. The summed E-state index contributed by atoms with van der Waals surface area (Å²) in [6, 6.07) is 7.39. The number of nitro benzene ring substituents is 1. The molecule has 2 aromatic heterocycles. The fraction of sp³-hybridized carbons (Fsp3) is 0.0714. The van der Waals surface area contributed by atoms with Crippen LogP contribution in [0.3, 0.4) is 0 Å². The van der Waals surface area contributed by atoms with Crippen molar-refractivity contribution >= 4 is 5.69 Å². The van der Waals surface area contributed by atoms with Crippen LogP contribution in [0.25, 0.3) is 22.9 Å². The molecule has 0 saturated carbocycles. The molecule has 2 heterocycles. The maximum atomic E-state index is 10.8. The zero-order chi connectivity index (χ0) is 15.7. The number of aromatic hydroxyl groups is 1. The minimum absolute atomic E-state index is 0.131. The Morgan fingerprint density at radius 1 is 1.32 bits per heavy atom. The quantitative estimate of drug-likeness (QED) is 0.566. The lowest BCUT2D eigenvalue weighted by Gasteiger charge is -2.00. The minimum atomic E-state index is -0.542. The number of benzene rings is 1. The molecule has 0 aliphatic rings. The van der Waals surface area contributed by atoms with Crippen LogP contribution in [0.2, 0.25) is 0 Å². The minimum Gasteiger partial charge on any atom is -0.507 e. The zero-order valence-electron chi connectivity index (χ0n) is 11.5. The van der Waals surface area contributed by atoms with E-state index in [1.807, 2.05) is 19.1 Å². The topological polar surface area (TPSA) is 118 Å². The number of pyridine rings is 1. The predicted molar refractivity (Wildman–Crippen MR) is 78.1 cm³/mol. The van der Waals surface area contributed by atoms with Gasteiger partial charge in [0.15, 0.2) is 11.6 Å². The summed E-state index contributed by atoms with van der Waals surface area (Å²) < 4.78 is 0. The lowest BCUT2D eigenvalue weighted by Crippen LogP contribution is -1.90. The van der Waals surface area contributed by atoms with Crippen LogP contribution in [0, 0.1) is 17.0 Å². The van der Waals surface area contributed by atoms with Crippen LogP contribution in [-0.2, 0) is 0 Å². The van der Waals surface area contributed by atoms with Crippen LogP contribution in [0.1, 0.15) is 5.56 Å². The first-order valence-electron chi connectivity index (χ1n) is 6.38. The maximum Gasteiger partial charge on any atom is 0.270 e. The highest BCUT2D eigenvalue weighted by Crippen LogP contribution is 2.31. The number of nitrogens with one attached hydrogen (secondary N) is 1. The van der Waals surface area contributed by atoms with Crippen molar-refractivity contribution in [3.63, 3.8) is 0 Å². The summed E-state index contributed by atoms with van der Waals surface area (Å²) in [5, 5.41) is 27.4. The van der Waals surface area contributed by atoms with Crippen LogP contribution in [0.15, 0.2) is 36.5 Å². The molecule has 0 saturated heterocycles. The highest BCUT2D eigenvalue weighted by Gasteiger charge is 2.17. The molecule has 8 nitrogen and oxygen atoms in total. The molecule has 0 amide bonds. The van der Waals surface area contributed by atoms with Crippen molar-refractivity contribution < 1.29 is 10.0 Å². The maximum absolute atomic E-state index is 10.8. The Balaban J connectivity index is 2.06. The summed E-state index contributed by atoms with van der Waals surface area (Å²) in [5.74, 6) is 0.467. The fourth-order valence-corrected chi connectivity index (χ4v) is 2.04. The van der Waals surface area contributed by atoms with E-state index in [-0.39, 0.29) is 22.8 Å². The summed E-state index contributed by atoms with van der Waals surface area (Å²) in [6.45, 7) is 1.88. The van der Waals surface area contributed by atoms with E-state index in [2.05, 4.69) is 20.2 Å². The monoisotopic (exact) mass is 297 g/mol. The number of phenolic OH excluding ortho intramolecular Hbond substituents is 1. The van der Waals surface area contributed by atoms with E-state index in [4.69, 9.17) is 0 Å². The smallest absolute Gasteiger partial charge is 0.270 e. The number of aryl methyl sites for hydroxylation is 1. The standard InChI is InChI=1S/C14H11N5O3/c1-8-3-2-6-15-12(8)14-16-13(17-18-14)10-7-9(19(21)22)4-5-11(10)20/h2-7,20H,1H3,(H,16,17,18). The second-order valence-corrected chi connectivity index (χ2v) is 4.64. The fourth-order valence-electron chi connectivity index (χ4n) is 2.04. The lowest BCUT2D eigenvalue weighted by molar-refractivity contribution is -0.384. The Morgan fingerprint density at radius 3 is 2.86 bits per heavy atom. The third-order valence-electron chi connectivity index (χ3n) is 3.15. The van der Waals surface area contributed by atoms with Gasteiger partial charge in [0.2, 0.25) is 0 Å². The lowest BCUT2D eigenvalue weighted by atomic mass is 10.1. The highest BCUT2D eigenvalue weighted by molar-refractivity contribution is 5.68. The number of rotatable bonds is 3. The number of non-ortho nitro benzene ring substituents is 1. The van der Waals surface area contributed by atoms with Crippen molar-refractivity contribution in [1.29, 1.82) is 0 Å². The number of nitrogens with zero attached hydrogens (tertiary/aromatic N) is 4. The van der Waals surface area contributed by atoms with Gasteiger partial charge in [0.25, 0.3) is 5.69 Å². The Hall–Kier alpha value is -3.29. The van der Waals surface area contributed by atoms with Gasteiger partial charge in [-0.1, -0.05) is 6.07 Å². The predicted octanol–water partition coefficient (Wildman–Crippen LogP) is 2.46. The first-order chi connectivity index (χ1) is 10.6. The van der Waals surface area contributed by atoms with Crippen LogP contribution < -0.4 is 0 Å². The van der Waals surface area contributed by atoms with Gasteiger partial charge in [-0.25, -0.2) is 4.98 Å². The van der Waals surface area contributed by atoms with Crippen LogP contribution in [0.4, 0.5) is 5.69 Å². The summed E-state index contributed by atoms with van der Waals surface area (Å²) in [5.41, 5.74) is 1.58. The average molecular weight is 297 g/mol. The van der Waals surface area contributed by atoms with E-state index < -0.39 is 4.92 Å². The number of aromatic amines is 1. The third kappa shape index (κ3) is 2.37. The molecule has 0 radical (unpaired) electrons. The van der Waals surface area contributed by atoms with Gasteiger partial charge in [-0.15, -0.1) is 0 Å². The van der Waals surface area contributed by atoms with Gasteiger partial charge in [-0.2, -0.15) is 5.10 Å². The van der Waals surface area contributed by atoms with Gasteiger partial charge in [-0.05, 0) is 24.6 Å². The first-order valence-corrected chi connectivity index (χ1v) is 6.38. The van der Waals surface area contributed by atoms with Crippen LogP contribution >= 0.6 is 0 Å². The van der Waals surface area contributed by atoms with E-state index >= 15 is 0 Å². The van der Waals surface area contributed by atoms with Crippen LogP contribution in [-0.4, -0.2) is 30.2 Å². The van der Waals surface area contributed by atoms with E-state index in [1.165, 1.54) is 18.2 Å². The van der Waals surface area contributed by atoms with E-state index in [0.29, 0.717) is 11.5 Å². The van der Waals surface area contributed by atoms with Gasteiger partial charge in [0.05, 0.1) is 10.5 Å².